The Morgan fingerprint density at radius 2 is 1.10 bits per heavy atom. The number of aliphatic hydroxyl groups is 1. The molecule has 0 aromatic rings. The van der Waals surface area contributed by atoms with Gasteiger partial charge in [0.1, 0.15) is 0 Å². The lowest BCUT2D eigenvalue weighted by Gasteiger charge is -2.13. The Bertz CT molecular complexity index is 394. The molecule has 0 aromatic carbocycles. The Balaban J connectivity index is 3.20. The SMILES string of the molecule is CCCCC(CO)CCCCCCCC/C=C/CCCCCCCCCCCC(N)=O. The number of unbranched alkanes of at least 4 members (excludes halogenated alkanes) is 16. The first kappa shape index (κ1) is 30.2. The van der Waals surface area contributed by atoms with Crippen LogP contribution < -0.4 is 5.73 Å². The molecule has 0 bridgehead atoms. The maximum Gasteiger partial charge on any atom is 0.217 e. The minimum absolute atomic E-state index is 0.161. The molecule has 0 radical (unpaired) electrons. The van der Waals surface area contributed by atoms with Crippen molar-refractivity contribution in [3.05, 3.63) is 12.2 Å². The fourth-order valence-corrected chi connectivity index (χ4v) is 4.26. The second-order valence-corrected chi connectivity index (χ2v) is 9.55. The molecule has 0 aliphatic carbocycles. The summed E-state index contributed by atoms with van der Waals surface area (Å²) in [7, 11) is 0. The summed E-state index contributed by atoms with van der Waals surface area (Å²) in [5.74, 6) is 0.390. The van der Waals surface area contributed by atoms with Gasteiger partial charge in [-0.2, -0.15) is 0 Å². The highest BCUT2D eigenvalue weighted by atomic mass is 16.3. The van der Waals surface area contributed by atoms with Crippen molar-refractivity contribution < 1.29 is 9.90 Å². The van der Waals surface area contributed by atoms with Crippen molar-refractivity contribution in [3.63, 3.8) is 0 Å². The predicted molar refractivity (Wildman–Crippen MR) is 136 cm³/mol. The van der Waals surface area contributed by atoms with Crippen LogP contribution in [0.4, 0.5) is 0 Å². The highest BCUT2D eigenvalue weighted by Crippen LogP contribution is 2.17. The molecule has 1 atom stereocenters. The van der Waals surface area contributed by atoms with E-state index in [2.05, 4.69) is 19.1 Å². The Kier molecular flexibility index (Phi) is 24.7. The van der Waals surface area contributed by atoms with E-state index in [4.69, 9.17) is 5.73 Å². The molecule has 3 heteroatoms. The first-order valence-corrected chi connectivity index (χ1v) is 13.7. The fraction of sp³-hybridized carbons (Fsp3) is 0.893. The second kappa shape index (κ2) is 25.4. The largest absolute Gasteiger partial charge is 0.396 e. The van der Waals surface area contributed by atoms with Gasteiger partial charge in [-0.05, 0) is 50.9 Å². The molecule has 0 saturated carbocycles. The van der Waals surface area contributed by atoms with Crippen molar-refractivity contribution in [1.29, 1.82) is 0 Å². The molecule has 0 heterocycles. The summed E-state index contributed by atoms with van der Waals surface area (Å²) in [6.45, 7) is 2.61. The van der Waals surface area contributed by atoms with Crippen LogP contribution in [0.25, 0.3) is 0 Å². The molecule has 31 heavy (non-hydrogen) atoms. The monoisotopic (exact) mass is 437 g/mol. The quantitative estimate of drug-likeness (QED) is 0.111. The van der Waals surface area contributed by atoms with E-state index in [0.717, 1.165) is 12.8 Å². The molecule has 3 nitrogen and oxygen atoms in total. The number of nitrogens with two attached hydrogens (primary N) is 1. The summed E-state index contributed by atoms with van der Waals surface area (Å²) in [4.78, 5) is 10.7. The summed E-state index contributed by atoms with van der Waals surface area (Å²) >= 11 is 0. The first-order chi connectivity index (χ1) is 15.2. The summed E-state index contributed by atoms with van der Waals surface area (Å²) in [6, 6.07) is 0. The van der Waals surface area contributed by atoms with Crippen LogP contribution in [0.1, 0.15) is 148 Å². The molecule has 0 fully saturated rings. The number of rotatable bonds is 25. The molecule has 184 valence electrons. The normalized spacial score (nSPS) is 12.6. The number of aliphatic hydroxyl groups excluding tert-OH is 1. The molecule has 1 amide bonds. The zero-order valence-electron chi connectivity index (χ0n) is 20.9. The van der Waals surface area contributed by atoms with E-state index in [1.54, 1.807) is 0 Å². The lowest BCUT2D eigenvalue weighted by Crippen LogP contribution is -2.09. The third-order valence-corrected chi connectivity index (χ3v) is 6.42. The van der Waals surface area contributed by atoms with Crippen LogP contribution in [0.2, 0.25) is 0 Å². The van der Waals surface area contributed by atoms with Gasteiger partial charge in [0.05, 0.1) is 0 Å². The van der Waals surface area contributed by atoms with Gasteiger partial charge in [-0.3, -0.25) is 4.79 Å². The number of carbonyl (C=O) groups is 1. The zero-order valence-corrected chi connectivity index (χ0v) is 20.9. The van der Waals surface area contributed by atoms with Crippen LogP contribution in [-0.2, 0) is 4.79 Å². The number of hydrogen-bond acceptors (Lipinski definition) is 2. The Morgan fingerprint density at radius 3 is 1.55 bits per heavy atom. The number of primary amides is 1. The van der Waals surface area contributed by atoms with Gasteiger partial charge in [0, 0.05) is 13.0 Å². The lowest BCUT2D eigenvalue weighted by atomic mass is 9.96. The van der Waals surface area contributed by atoms with Crippen molar-refractivity contribution in [2.75, 3.05) is 6.61 Å². The Hall–Kier alpha value is -0.830. The van der Waals surface area contributed by atoms with Crippen molar-refractivity contribution >= 4 is 5.91 Å². The number of hydrogen-bond donors (Lipinski definition) is 2. The van der Waals surface area contributed by atoms with Crippen LogP contribution in [0.3, 0.4) is 0 Å². The third-order valence-electron chi connectivity index (χ3n) is 6.42. The van der Waals surface area contributed by atoms with E-state index >= 15 is 0 Å². The highest BCUT2D eigenvalue weighted by molar-refractivity contribution is 5.73. The molecule has 0 rings (SSSR count). The second-order valence-electron chi connectivity index (χ2n) is 9.55. The van der Waals surface area contributed by atoms with Crippen molar-refractivity contribution in [2.24, 2.45) is 11.7 Å². The minimum Gasteiger partial charge on any atom is -0.396 e. The maximum absolute atomic E-state index is 10.7. The van der Waals surface area contributed by atoms with E-state index in [1.807, 2.05) is 0 Å². The summed E-state index contributed by atoms with van der Waals surface area (Å²) < 4.78 is 0. The summed E-state index contributed by atoms with van der Waals surface area (Å²) in [5, 5.41) is 9.41. The van der Waals surface area contributed by atoms with Crippen LogP contribution in [0.5, 0.6) is 0 Å². The van der Waals surface area contributed by atoms with Crippen LogP contribution >= 0.6 is 0 Å². The Labute approximate surface area is 194 Å². The molecule has 3 N–H and O–H groups in total. The van der Waals surface area contributed by atoms with Gasteiger partial charge < -0.3 is 10.8 Å². The van der Waals surface area contributed by atoms with E-state index in [0.29, 0.717) is 18.9 Å². The van der Waals surface area contributed by atoms with Gasteiger partial charge in [0.15, 0.2) is 0 Å². The molecule has 0 saturated heterocycles. The van der Waals surface area contributed by atoms with E-state index in [-0.39, 0.29) is 5.91 Å². The third kappa shape index (κ3) is 25.3. The van der Waals surface area contributed by atoms with Crippen LogP contribution in [0.15, 0.2) is 12.2 Å². The molecule has 1 unspecified atom stereocenters. The topological polar surface area (TPSA) is 63.3 Å². The fourth-order valence-electron chi connectivity index (χ4n) is 4.26. The number of carbonyl (C=O) groups excluding carboxylic acids is 1. The average Bonchev–Trinajstić information content (AvgIpc) is 2.76. The van der Waals surface area contributed by atoms with Gasteiger partial charge in [-0.1, -0.05) is 109 Å². The van der Waals surface area contributed by atoms with Gasteiger partial charge in [-0.15, -0.1) is 0 Å². The van der Waals surface area contributed by atoms with Gasteiger partial charge in [0.25, 0.3) is 0 Å². The van der Waals surface area contributed by atoms with Gasteiger partial charge in [0.2, 0.25) is 5.91 Å². The van der Waals surface area contributed by atoms with Gasteiger partial charge >= 0.3 is 0 Å². The van der Waals surface area contributed by atoms with Crippen LogP contribution in [0, 0.1) is 5.92 Å². The molecule has 0 aliphatic heterocycles. The Morgan fingerprint density at radius 1 is 0.677 bits per heavy atom. The summed E-state index contributed by atoms with van der Waals surface area (Å²) in [5.41, 5.74) is 5.15. The first-order valence-electron chi connectivity index (χ1n) is 13.7. The van der Waals surface area contributed by atoms with Crippen LogP contribution in [-0.4, -0.2) is 17.6 Å². The smallest absolute Gasteiger partial charge is 0.217 e. The lowest BCUT2D eigenvalue weighted by molar-refractivity contribution is -0.118. The average molecular weight is 438 g/mol. The number of amides is 1. The molecular weight excluding hydrogens is 382 g/mol. The molecule has 0 spiro atoms. The predicted octanol–water partition coefficient (Wildman–Crippen LogP) is 8.24. The molecular formula is C28H55NO2. The zero-order chi connectivity index (χ0) is 22.8. The van der Waals surface area contributed by atoms with E-state index in [9.17, 15) is 9.90 Å². The number of allylic oxidation sites excluding steroid dienone is 2. The minimum atomic E-state index is -0.161. The van der Waals surface area contributed by atoms with Crippen molar-refractivity contribution in [1.82, 2.24) is 0 Å². The van der Waals surface area contributed by atoms with Gasteiger partial charge in [-0.25, -0.2) is 0 Å². The highest BCUT2D eigenvalue weighted by Gasteiger charge is 2.06. The van der Waals surface area contributed by atoms with Crippen molar-refractivity contribution in [3.8, 4) is 0 Å². The standard InChI is InChI=1S/C28H55NO2/c1-2-3-23-27(26-30)24-21-19-17-15-13-11-9-7-5-4-6-8-10-12-14-16-18-20-22-25-28(29)31/h5,7,27,30H,2-4,6,8-26H2,1H3,(H2,29,31)/b7-5+. The van der Waals surface area contributed by atoms with E-state index < -0.39 is 0 Å². The van der Waals surface area contributed by atoms with Crippen molar-refractivity contribution in [2.45, 2.75) is 148 Å². The van der Waals surface area contributed by atoms with E-state index in [1.165, 1.54) is 122 Å². The maximum atomic E-state index is 10.7. The molecule has 0 aromatic heterocycles. The summed E-state index contributed by atoms with van der Waals surface area (Å²) in [6.07, 6.45) is 32.3. The molecule has 0 aliphatic rings.